The van der Waals surface area contributed by atoms with E-state index >= 15 is 0 Å². The lowest BCUT2D eigenvalue weighted by molar-refractivity contribution is -0.265. The summed E-state index contributed by atoms with van der Waals surface area (Å²) in [6, 6.07) is -1.25. The maximum absolute atomic E-state index is 14.5. The number of ketones is 3. The van der Waals surface area contributed by atoms with E-state index in [-0.39, 0.29) is 60.9 Å². The van der Waals surface area contributed by atoms with E-state index in [1.165, 1.54) is 18.3 Å². The van der Waals surface area contributed by atoms with Gasteiger partial charge in [-0.1, -0.05) is 71.1 Å². The van der Waals surface area contributed by atoms with E-state index in [4.69, 9.17) is 23.7 Å². The van der Waals surface area contributed by atoms with Gasteiger partial charge >= 0.3 is 5.97 Å². The van der Waals surface area contributed by atoms with E-state index in [2.05, 4.69) is 15.4 Å². The van der Waals surface area contributed by atoms with Crippen molar-refractivity contribution in [2.24, 2.45) is 35.5 Å². The second-order valence-corrected chi connectivity index (χ2v) is 20.4. The van der Waals surface area contributed by atoms with Crippen LogP contribution in [0.2, 0.25) is 0 Å². The van der Waals surface area contributed by atoms with Gasteiger partial charge in [0.15, 0.2) is 17.9 Å². The molecule has 4 heterocycles. The predicted molar refractivity (Wildman–Crippen MR) is 256 cm³/mol. The van der Waals surface area contributed by atoms with Crippen LogP contribution < -0.4 is 0 Å². The second kappa shape index (κ2) is 25.7. The number of rotatable bonds is 7. The monoisotopic (exact) mass is 966 g/mol. The number of hydrogen-bond donors (Lipinski definition) is 2. The van der Waals surface area contributed by atoms with Crippen molar-refractivity contribution >= 4 is 29.2 Å². The molecule has 1 aromatic heterocycles. The fourth-order valence-corrected chi connectivity index (χ4v) is 10.7. The van der Waals surface area contributed by atoms with Gasteiger partial charge in [0.25, 0.3) is 11.7 Å². The molecule has 15 atom stereocenters. The van der Waals surface area contributed by atoms with Crippen LogP contribution in [0.5, 0.6) is 0 Å². The molecule has 2 bridgehead atoms. The number of cyclic esters (lactones) is 1. The number of amides is 1. The first-order chi connectivity index (χ1) is 32.8. The van der Waals surface area contributed by atoms with Crippen molar-refractivity contribution in [3.8, 4) is 0 Å². The highest BCUT2D eigenvalue weighted by Crippen LogP contribution is 2.39. The van der Waals surface area contributed by atoms with Crippen molar-refractivity contribution in [1.82, 2.24) is 25.1 Å². The Bertz CT molecular complexity index is 2020. The van der Waals surface area contributed by atoms with Crippen molar-refractivity contribution in [3.63, 3.8) is 0 Å². The number of aromatic nitrogens is 4. The van der Waals surface area contributed by atoms with E-state index in [1.807, 2.05) is 58.1 Å². The molecule has 0 radical (unpaired) electrons. The number of fused-ring (bicyclic) bond motifs is 3. The smallest absolute Gasteiger partial charge is 0.329 e. The van der Waals surface area contributed by atoms with Crippen LogP contribution >= 0.6 is 0 Å². The lowest BCUT2D eigenvalue weighted by Crippen LogP contribution is -2.61. The fourth-order valence-electron chi connectivity index (χ4n) is 10.7. The molecule has 0 spiro atoms. The molecule has 17 heteroatoms. The Morgan fingerprint density at radius 2 is 1.65 bits per heavy atom. The third-order valence-corrected chi connectivity index (χ3v) is 15.2. The van der Waals surface area contributed by atoms with Crippen LogP contribution in [0.15, 0.2) is 53.9 Å². The molecule has 2 saturated heterocycles. The van der Waals surface area contributed by atoms with Gasteiger partial charge in [-0.2, -0.15) is 4.80 Å². The Balaban J connectivity index is 1.46. The van der Waals surface area contributed by atoms with Crippen molar-refractivity contribution in [1.29, 1.82) is 0 Å². The number of carbonyl (C=O) groups excluding carboxylic acids is 5. The number of ether oxygens (including phenoxy) is 5. The average molecular weight is 966 g/mol. The minimum absolute atomic E-state index is 0.0195. The third-order valence-electron chi connectivity index (χ3n) is 15.2. The molecule has 1 amide bonds. The Kier molecular flexibility index (Phi) is 20.8. The quantitative estimate of drug-likeness (QED) is 0.235. The SMILES string of the molecule is COC1C(=O)C(C)C[C@H](C)C=CC=CC=C(C)[C@@H](OC)C[C@@H]2CC[C@@H](C)[C@@](O)(O2)C(=O)C(=O)N2CCCC[C@H]2C(=O)OC([C@H](C)C[C@@H]2CC[C@H](n3ncnn3)[C@H](OC)C2)CC(=O)C(C)=CC(C)[C@H]1O. The summed E-state index contributed by atoms with van der Waals surface area (Å²) in [5.41, 5.74) is 1.20. The highest BCUT2D eigenvalue weighted by Gasteiger charge is 2.53. The molecule has 17 nitrogen and oxygen atoms in total. The molecule has 69 heavy (non-hydrogen) atoms. The molecule has 4 unspecified atom stereocenters. The molecule has 3 fully saturated rings. The second-order valence-electron chi connectivity index (χ2n) is 20.4. The largest absolute Gasteiger partial charge is 0.460 e. The predicted octanol–water partition coefficient (Wildman–Crippen LogP) is 6.05. The minimum Gasteiger partial charge on any atom is -0.460 e. The normalized spacial score (nSPS) is 36.3. The van der Waals surface area contributed by atoms with E-state index in [9.17, 15) is 34.2 Å². The Morgan fingerprint density at radius 1 is 0.899 bits per heavy atom. The number of methoxy groups -OCH3 is 3. The zero-order valence-corrected chi connectivity index (χ0v) is 42.5. The fraction of sp³-hybridized carbons (Fsp3) is 0.731. The van der Waals surface area contributed by atoms with Crippen molar-refractivity contribution in [2.45, 2.75) is 180 Å². The van der Waals surface area contributed by atoms with Crippen LogP contribution in [0.3, 0.4) is 0 Å². The number of tetrazole rings is 1. The number of esters is 1. The van der Waals surface area contributed by atoms with Crippen LogP contribution in [0, 0.1) is 35.5 Å². The van der Waals surface area contributed by atoms with Gasteiger partial charge in [-0.25, -0.2) is 4.79 Å². The highest BCUT2D eigenvalue weighted by atomic mass is 16.6. The lowest BCUT2D eigenvalue weighted by Gasteiger charge is -2.42. The number of hydrogen-bond acceptors (Lipinski definition) is 15. The number of piperidine rings is 1. The maximum Gasteiger partial charge on any atom is 0.329 e. The lowest BCUT2D eigenvalue weighted by atomic mass is 9.78. The number of aliphatic hydroxyl groups excluding tert-OH is 1. The molecule has 1 saturated carbocycles. The van der Waals surface area contributed by atoms with Crippen molar-refractivity contribution in [3.05, 3.63) is 53.9 Å². The van der Waals surface area contributed by atoms with Gasteiger partial charge in [-0.05, 0) is 112 Å². The highest BCUT2D eigenvalue weighted by molar-refractivity contribution is 6.39. The molecule has 2 N–H and O–H groups in total. The first-order valence-electron chi connectivity index (χ1n) is 25.0. The van der Waals surface area contributed by atoms with Gasteiger partial charge in [0.2, 0.25) is 5.79 Å². The van der Waals surface area contributed by atoms with Gasteiger partial charge < -0.3 is 38.8 Å². The zero-order valence-electron chi connectivity index (χ0n) is 42.5. The van der Waals surface area contributed by atoms with Gasteiger partial charge in [0.1, 0.15) is 18.2 Å². The standard InChI is InChI=1S/C52H79N5O12/c1-31-16-12-11-13-17-32(2)43(65-8)28-39-21-19-37(7)52(64,69-39)49(61)50(62)56-23-15-14-18-41(56)51(63)68-44(34(4)26-38-20-22-40(45(27-38)66-9)57-54-30-53-55-57)29-42(58)33(3)25-36(6)47(60)48(67-10)46(59)35(5)24-31/h11-13,16-17,25,30-31,34-41,43-45,47-48,60,64H,14-15,18-24,26-29H2,1-10H3/t31-,34-,35?,36?,37-,38+,39+,40+,41+,43+,44?,45-,47-,48?,52-/m1/s1. The Morgan fingerprint density at radius 3 is 2.33 bits per heavy atom. The van der Waals surface area contributed by atoms with Gasteiger partial charge in [0, 0.05) is 58.5 Å². The van der Waals surface area contributed by atoms with Gasteiger partial charge in [-0.15, -0.1) is 10.2 Å². The van der Waals surface area contributed by atoms with Crippen LogP contribution in [-0.4, -0.2) is 141 Å². The van der Waals surface area contributed by atoms with Crippen molar-refractivity contribution < 1.29 is 57.9 Å². The summed E-state index contributed by atoms with van der Waals surface area (Å²) in [4.78, 5) is 73.9. The van der Waals surface area contributed by atoms with Crippen molar-refractivity contribution in [2.75, 3.05) is 27.9 Å². The number of nitrogens with zero attached hydrogens (tertiary/aromatic N) is 5. The zero-order chi connectivity index (χ0) is 50.6. The molecular weight excluding hydrogens is 887 g/mol. The summed E-state index contributed by atoms with van der Waals surface area (Å²) in [5, 5.41) is 35.7. The topological polar surface area (TPSA) is 219 Å². The molecule has 3 aliphatic heterocycles. The van der Waals surface area contributed by atoms with E-state index < -0.39 is 77.8 Å². The summed E-state index contributed by atoms with van der Waals surface area (Å²) in [6.45, 7) is 12.8. The summed E-state index contributed by atoms with van der Waals surface area (Å²) in [7, 11) is 4.62. The summed E-state index contributed by atoms with van der Waals surface area (Å²) >= 11 is 0. The molecule has 4 aliphatic rings. The number of aliphatic hydroxyl groups is 2. The van der Waals surface area contributed by atoms with Gasteiger partial charge in [0.05, 0.1) is 30.5 Å². The first kappa shape index (κ1) is 55.7. The molecule has 1 aliphatic carbocycles. The summed E-state index contributed by atoms with van der Waals surface area (Å²) < 4.78 is 29.9. The molecule has 5 rings (SSSR count). The molecular formula is C52H79N5O12. The Labute approximate surface area is 408 Å². The number of carbonyl (C=O) groups is 5. The molecule has 384 valence electrons. The van der Waals surface area contributed by atoms with Crippen LogP contribution in [0.25, 0.3) is 0 Å². The van der Waals surface area contributed by atoms with E-state index in [0.29, 0.717) is 56.9 Å². The van der Waals surface area contributed by atoms with Crippen LogP contribution in [-0.2, 0) is 47.7 Å². The van der Waals surface area contributed by atoms with Crippen LogP contribution in [0.1, 0.15) is 132 Å². The average Bonchev–Trinajstić information content (AvgIpc) is 3.88. The summed E-state index contributed by atoms with van der Waals surface area (Å²) in [6.07, 6.45) is 13.7. The molecule has 0 aromatic carbocycles. The number of Topliss-reactive ketones (excluding diaryl/α,β-unsaturated/α-hetero) is 3. The molecule has 1 aromatic rings. The number of allylic oxidation sites excluding steroid dienone is 6. The first-order valence-corrected chi connectivity index (χ1v) is 25.0. The maximum atomic E-state index is 14.5. The van der Waals surface area contributed by atoms with Gasteiger partial charge in [-0.3, -0.25) is 19.2 Å². The van der Waals surface area contributed by atoms with Crippen LogP contribution in [0.4, 0.5) is 0 Å². The Hall–Kier alpha value is -4.26. The van der Waals surface area contributed by atoms with E-state index in [0.717, 1.165) is 18.4 Å². The van der Waals surface area contributed by atoms with E-state index in [1.54, 1.807) is 45.9 Å². The third kappa shape index (κ3) is 14.2. The summed E-state index contributed by atoms with van der Waals surface area (Å²) in [5.74, 6) is -7.91. The minimum atomic E-state index is -2.43.